The van der Waals surface area contributed by atoms with Crippen molar-refractivity contribution >= 4 is 6.03 Å². The van der Waals surface area contributed by atoms with Crippen LogP contribution in [0.1, 0.15) is 44.5 Å². The number of urea groups is 1. The Balaban J connectivity index is 2.43. The van der Waals surface area contributed by atoms with Crippen LogP contribution in [-0.2, 0) is 6.54 Å². The van der Waals surface area contributed by atoms with Gasteiger partial charge in [0.25, 0.3) is 0 Å². The van der Waals surface area contributed by atoms with Gasteiger partial charge in [-0.25, -0.2) is 4.79 Å². The van der Waals surface area contributed by atoms with Gasteiger partial charge in [0.15, 0.2) is 0 Å². The molecule has 0 fully saturated rings. The molecule has 5 heteroatoms. The Bertz CT molecular complexity index is 445. The third-order valence-electron chi connectivity index (χ3n) is 4.14. The predicted molar refractivity (Wildman–Crippen MR) is 83.9 cm³/mol. The Morgan fingerprint density at radius 1 is 1.29 bits per heavy atom. The second-order valence-corrected chi connectivity index (χ2v) is 5.49. The van der Waals surface area contributed by atoms with Gasteiger partial charge < -0.3 is 15.7 Å². The zero-order valence-corrected chi connectivity index (χ0v) is 13.3. The molecule has 0 aliphatic rings. The summed E-state index contributed by atoms with van der Waals surface area (Å²) in [6, 6.07) is 5.55. The number of pyridine rings is 1. The first-order valence-corrected chi connectivity index (χ1v) is 7.60. The van der Waals surface area contributed by atoms with E-state index in [0.717, 1.165) is 24.2 Å². The number of amides is 2. The van der Waals surface area contributed by atoms with Crippen molar-refractivity contribution in [3.63, 3.8) is 0 Å². The quantitative estimate of drug-likeness (QED) is 0.689. The predicted octanol–water partition coefficient (Wildman–Crippen LogP) is 2.38. The smallest absolute Gasteiger partial charge is 0.315 e. The fraction of sp³-hybridized carbons (Fsp3) is 0.625. The van der Waals surface area contributed by atoms with Crippen LogP contribution in [0, 0.1) is 12.3 Å². The molecular formula is C16H27N3O2. The van der Waals surface area contributed by atoms with Gasteiger partial charge in [0.2, 0.25) is 0 Å². The molecule has 1 aromatic heterocycles. The number of carbonyl (C=O) groups excluding carboxylic acids is 1. The summed E-state index contributed by atoms with van der Waals surface area (Å²) in [5.74, 6) is 0. The molecule has 0 spiro atoms. The minimum absolute atomic E-state index is 0.0202. The van der Waals surface area contributed by atoms with E-state index in [9.17, 15) is 9.90 Å². The lowest BCUT2D eigenvalue weighted by Crippen LogP contribution is -2.42. The molecular weight excluding hydrogens is 266 g/mol. The van der Waals surface area contributed by atoms with E-state index >= 15 is 0 Å². The summed E-state index contributed by atoms with van der Waals surface area (Å²) in [5.41, 5.74) is 1.76. The Morgan fingerprint density at radius 3 is 2.57 bits per heavy atom. The highest BCUT2D eigenvalue weighted by atomic mass is 16.3. The first-order valence-electron chi connectivity index (χ1n) is 7.60. The van der Waals surface area contributed by atoms with Crippen molar-refractivity contribution in [3.05, 3.63) is 29.6 Å². The highest BCUT2D eigenvalue weighted by Gasteiger charge is 2.25. The molecule has 5 nitrogen and oxygen atoms in total. The normalized spacial score (nSPS) is 11.2. The number of hydrogen-bond acceptors (Lipinski definition) is 3. The number of hydrogen-bond donors (Lipinski definition) is 3. The van der Waals surface area contributed by atoms with Gasteiger partial charge in [-0.1, -0.05) is 19.9 Å². The van der Waals surface area contributed by atoms with Gasteiger partial charge in [-0.3, -0.25) is 4.98 Å². The summed E-state index contributed by atoms with van der Waals surface area (Å²) in [4.78, 5) is 16.2. The summed E-state index contributed by atoms with van der Waals surface area (Å²) in [6.07, 6.45) is 2.58. The molecule has 0 aromatic carbocycles. The van der Waals surface area contributed by atoms with E-state index in [0.29, 0.717) is 19.5 Å². The molecule has 0 unspecified atom stereocenters. The van der Waals surface area contributed by atoms with Crippen LogP contribution in [0.15, 0.2) is 18.2 Å². The van der Waals surface area contributed by atoms with Gasteiger partial charge >= 0.3 is 6.03 Å². The third-order valence-corrected chi connectivity index (χ3v) is 4.14. The first kappa shape index (κ1) is 17.4. The van der Waals surface area contributed by atoms with Crippen LogP contribution in [0.5, 0.6) is 0 Å². The van der Waals surface area contributed by atoms with E-state index in [1.807, 2.05) is 25.1 Å². The number of nitrogens with one attached hydrogen (secondary N) is 2. The molecule has 0 atom stereocenters. The Labute approximate surface area is 127 Å². The highest BCUT2D eigenvalue weighted by molar-refractivity contribution is 5.73. The van der Waals surface area contributed by atoms with E-state index in [-0.39, 0.29) is 18.1 Å². The average molecular weight is 293 g/mol. The second-order valence-electron chi connectivity index (χ2n) is 5.49. The van der Waals surface area contributed by atoms with Crippen LogP contribution in [-0.4, -0.2) is 29.3 Å². The molecule has 1 rings (SSSR count). The maximum Gasteiger partial charge on any atom is 0.315 e. The molecule has 21 heavy (non-hydrogen) atoms. The molecule has 0 bridgehead atoms. The van der Waals surface area contributed by atoms with Crippen LogP contribution in [0.2, 0.25) is 0 Å². The monoisotopic (exact) mass is 293 g/mol. The summed E-state index contributed by atoms with van der Waals surface area (Å²) in [6.45, 7) is 7.25. The van der Waals surface area contributed by atoms with Crippen LogP contribution in [0.3, 0.4) is 0 Å². The molecule has 3 N–H and O–H groups in total. The Kier molecular flexibility index (Phi) is 7.15. The van der Waals surface area contributed by atoms with Crippen LogP contribution in [0.4, 0.5) is 4.79 Å². The fourth-order valence-corrected chi connectivity index (χ4v) is 2.38. The van der Waals surface area contributed by atoms with Crippen molar-refractivity contribution in [3.8, 4) is 0 Å². The molecule has 0 saturated heterocycles. The molecule has 118 valence electrons. The van der Waals surface area contributed by atoms with Crippen molar-refractivity contribution in [2.75, 3.05) is 13.2 Å². The van der Waals surface area contributed by atoms with Crippen LogP contribution >= 0.6 is 0 Å². The van der Waals surface area contributed by atoms with Crippen LogP contribution in [0.25, 0.3) is 0 Å². The molecule has 1 aromatic rings. The molecule has 2 amide bonds. The maximum absolute atomic E-state index is 11.9. The first-order chi connectivity index (χ1) is 10.0. The lowest BCUT2D eigenvalue weighted by atomic mass is 9.79. The summed E-state index contributed by atoms with van der Waals surface area (Å²) in [5, 5.41) is 14.9. The largest absolute Gasteiger partial charge is 0.396 e. The summed E-state index contributed by atoms with van der Waals surface area (Å²) < 4.78 is 0. The number of carbonyl (C=O) groups is 1. The van der Waals surface area contributed by atoms with Crippen LogP contribution < -0.4 is 10.6 Å². The fourth-order valence-electron chi connectivity index (χ4n) is 2.38. The SMILES string of the molecule is CCC(CC)(CCO)CNC(=O)NCc1cccc(C)n1. The topological polar surface area (TPSA) is 74.2 Å². The lowest BCUT2D eigenvalue weighted by Gasteiger charge is -2.31. The lowest BCUT2D eigenvalue weighted by molar-refractivity contribution is 0.163. The summed E-state index contributed by atoms with van der Waals surface area (Å²) in [7, 11) is 0. The van der Waals surface area contributed by atoms with Gasteiger partial charge in [0.05, 0.1) is 12.2 Å². The average Bonchev–Trinajstić information content (AvgIpc) is 2.49. The van der Waals surface area contributed by atoms with Gasteiger partial charge in [-0.05, 0) is 43.7 Å². The van der Waals surface area contributed by atoms with Gasteiger partial charge in [0.1, 0.15) is 0 Å². The Morgan fingerprint density at radius 2 is 2.00 bits per heavy atom. The minimum atomic E-state index is -0.192. The minimum Gasteiger partial charge on any atom is -0.396 e. The van der Waals surface area contributed by atoms with Crippen molar-refractivity contribution in [1.29, 1.82) is 0 Å². The third kappa shape index (κ3) is 5.71. The van der Waals surface area contributed by atoms with E-state index in [2.05, 4.69) is 29.5 Å². The number of rotatable bonds is 8. The number of aliphatic hydroxyl groups excluding tert-OH is 1. The van der Waals surface area contributed by atoms with Crippen molar-refractivity contribution in [2.24, 2.45) is 5.41 Å². The standard InChI is InChI=1S/C16H27N3O2/c1-4-16(5-2,9-10-20)12-18-15(21)17-11-14-8-6-7-13(3)19-14/h6-8,20H,4-5,9-12H2,1-3H3,(H2,17,18,21). The second kappa shape index (κ2) is 8.62. The van der Waals surface area contributed by atoms with Crippen molar-refractivity contribution in [1.82, 2.24) is 15.6 Å². The van der Waals surface area contributed by atoms with E-state index < -0.39 is 0 Å². The Hall–Kier alpha value is -1.62. The maximum atomic E-state index is 11.9. The number of aromatic nitrogens is 1. The molecule has 0 radical (unpaired) electrons. The van der Waals surface area contributed by atoms with Gasteiger partial charge in [0, 0.05) is 18.8 Å². The van der Waals surface area contributed by atoms with E-state index in [4.69, 9.17) is 0 Å². The van der Waals surface area contributed by atoms with Gasteiger partial charge in [-0.2, -0.15) is 0 Å². The summed E-state index contributed by atoms with van der Waals surface area (Å²) >= 11 is 0. The number of aryl methyl sites for hydroxylation is 1. The van der Waals surface area contributed by atoms with E-state index in [1.165, 1.54) is 0 Å². The number of aliphatic hydroxyl groups is 1. The molecule has 1 heterocycles. The van der Waals surface area contributed by atoms with Gasteiger partial charge in [-0.15, -0.1) is 0 Å². The highest BCUT2D eigenvalue weighted by Crippen LogP contribution is 2.29. The molecule has 0 aliphatic heterocycles. The molecule has 0 saturated carbocycles. The number of nitrogens with zero attached hydrogens (tertiary/aromatic N) is 1. The zero-order valence-electron chi connectivity index (χ0n) is 13.3. The molecule has 0 aliphatic carbocycles. The van der Waals surface area contributed by atoms with Crippen molar-refractivity contribution < 1.29 is 9.90 Å². The zero-order chi connectivity index (χ0) is 15.7. The van der Waals surface area contributed by atoms with Crippen molar-refractivity contribution in [2.45, 2.75) is 46.6 Å². The van der Waals surface area contributed by atoms with E-state index in [1.54, 1.807) is 0 Å².